The van der Waals surface area contributed by atoms with Gasteiger partial charge in [0.2, 0.25) is 0 Å². The van der Waals surface area contributed by atoms with Crippen LogP contribution in [-0.2, 0) is 0 Å². The molecular weight excluding hydrogens is 200 g/mol. The molecule has 0 aliphatic rings. The summed E-state index contributed by atoms with van der Waals surface area (Å²) in [6, 6.07) is 9.33. The maximum absolute atomic E-state index is 8.71. The second-order valence-electron chi connectivity index (χ2n) is 3.65. The number of benzene rings is 1. The Kier molecular flexibility index (Phi) is 2.37. The Morgan fingerprint density at radius 1 is 1.25 bits per heavy atom. The third-order valence-corrected chi connectivity index (χ3v) is 2.59. The lowest BCUT2D eigenvalue weighted by Crippen LogP contribution is -1.99. The highest BCUT2D eigenvalue weighted by atomic mass is 15.3. The SMILES string of the molecule is Cc1nn(-c2ccc(C#N)cc2)c(C)c1N. The van der Waals surface area contributed by atoms with E-state index in [1.54, 1.807) is 16.8 Å². The van der Waals surface area contributed by atoms with Gasteiger partial charge in [-0.1, -0.05) is 0 Å². The van der Waals surface area contributed by atoms with Crippen LogP contribution in [0.15, 0.2) is 24.3 Å². The summed E-state index contributed by atoms with van der Waals surface area (Å²) in [6.45, 7) is 3.80. The monoisotopic (exact) mass is 212 g/mol. The van der Waals surface area contributed by atoms with Crippen molar-refractivity contribution < 1.29 is 0 Å². The predicted molar refractivity (Wildman–Crippen MR) is 62.2 cm³/mol. The van der Waals surface area contributed by atoms with Gasteiger partial charge in [0, 0.05) is 0 Å². The first-order chi connectivity index (χ1) is 7.63. The molecule has 2 rings (SSSR count). The number of nitrogens with zero attached hydrogens (tertiary/aromatic N) is 3. The highest BCUT2D eigenvalue weighted by Gasteiger charge is 2.09. The first-order valence-corrected chi connectivity index (χ1v) is 4.95. The number of nitriles is 1. The molecule has 1 heterocycles. The zero-order valence-corrected chi connectivity index (χ0v) is 9.23. The molecule has 0 saturated heterocycles. The van der Waals surface area contributed by atoms with Gasteiger partial charge < -0.3 is 5.73 Å². The average Bonchev–Trinajstić information content (AvgIpc) is 2.57. The number of aryl methyl sites for hydroxylation is 1. The molecule has 4 nitrogen and oxygen atoms in total. The lowest BCUT2D eigenvalue weighted by atomic mass is 10.2. The predicted octanol–water partition coefficient (Wildman–Crippen LogP) is 1.94. The van der Waals surface area contributed by atoms with Gasteiger partial charge in [0.1, 0.15) is 0 Å². The molecule has 0 amide bonds. The van der Waals surface area contributed by atoms with Gasteiger partial charge >= 0.3 is 0 Å². The lowest BCUT2D eigenvalue weighted by Gasteiger charge is -2.03. The van der Waals surface area contributed by atoms with E-state index in [9.17, 15) is 0 Å². The van der Waals surface area contributed by atoms with Crippen molar-refractivity contribution in [1.29, 1.82) is 5.26 Å². The Labute approximate surface area is 93.9 Å². The molecule has 0 atom stereocenters. The van der Waals surface area contributed by atoms with E-state index in [1.165, 1.54) is 0 Å². The van der Waals surface area contributed by atoms with E-state index in [0.717, 1.165) is 17.1 Å². The fourth-order valence-corrected chi connectivity index (χ4v) is 1.58. The molecule has 1 aromatic heterocycles. The second kappa shape index (κ2) is 3.70. The summed E-state index contributed by atoms with van der Waals surface area (Å²) < 4.78 is 1.78. The van der Waals surface area contributed by atoms with Gasteiger partial charge in [0.15, 0.2) is 0 Å². The molecule has 0 spiro atoms. The van der Waals surface area contributed by atoms with Gasteiger partial charge in [-0.3, -0.25) is 0 Å². The molecule has 80 valence electrons. The fraction of sp³-hybridized carbons (Fsp3) is 0.167. The molecule has 2 aromatic rings. The molecule has 0 bridgehead atoms. The van der Waals surface area contributed by atoms with Crippen molar-refractivity contribution >= 4 is 5.69 Å². The number of rotatable bonds is 1. The fourth-order valence-electron chi connectivity index (χ4n) is 1.58. The van der Waals surface area contributed by atoms with Crippen molar-refractivity contribution in [2.24, 2.45) is 0 Å². The van der Waals surface area contributed by atoms with Crippen LogP contribution in [0, 0.1) is 25.2 Å². The normalized spacial score (nSPS) is 10.1. The quantitative estimate of drug-likeness (QED) is 0.785. The molecule has 0 radical (unpaired) electrons. The Morgan fingerprint density at radius 2 is 1.88 bits per heavy atom. The number of aromatic nitrogens is 2. The number of hydrogen-bond acceptors (Lipinski definition) is 3. The lowest BCUT2D eigenvalue weighted by molar-refractivity contribution is 0.833. The smallest absolute Gasteiger partial charge is 0.0991 e. The van der Waals surface area contributed by atoms with E-state index < -0.39 is 0 Å². The zero-order chi connectivity index (χ0) is 11.7. The summed E-state index contributed by atoms with van der Waals surface area (Å²) in [6.07, 6.45) is 0. The summed E-state index contributed by atoms with van der Waals surface area (Å²) in [5, 5.41) is 13.1. The first-order valence-electron chi connectivity index (χ1n) is 4.95. The molecule has 16 heavy (non-hydrogen) atoms. The van der Waals surface area contributed by atoms with Crippen LogP contribution in [0.5, 0.6) is 0 Å². The first kappa shape index (κ1) is 10.2. The van der Waals surface area contributed by atoms with Crippen molar-refractivity contribution in [2.45, 2.75) is 13.8 Å². The van der Waals surface area contributed by atoms with Gasteiger partial charge in [0.05, 0.1) is 34.4 Å². The minimum atomic E-state index is 0.637. The van der Waals surface area contributed by atoms with E-state index in [1.807, 2.05) is 26.0 Å². The van der Waals surface area contributed by atoms with Gasteiger partial charge in [-0.2, -0.15) is 10.4 Å². The van der Waals surface area contributed by atoms with Crippen molar-refractivity contribution in [3.8, 4) is 11.8 Å². The van der Waals surface area contributed by atoms with Crippen LogP contribution < -0.4 is 5.73 Å². The molecule has 4 heteroatoms. The van der Waals surface area contributed by atoms with Gasteiger partial charge in [0.25, 0.3) is 0 Å². The van der Waals surface area contributed by atoms with Crippen molar-refractivity contribution in [3.05, 3.63) is 41.2 Å². The van der Waals surface area contributed by atoms with Crippen molar-refractivity contribution in [1.82, 2.24) is 9.78 Å². The van der Waals surface area contributed by atoms with E-state index in [0.29, 0.717) is 11.3 Å². The molecular formula is C12H12N4. The molecule has 1 aromatic carbocycles. The van der Waals surface area contributed by atoms with Crippen LogP contribution in [0.3, 0.4) is 0 Å². The number of hydrogen-bond donors (Lipinski definition) is 1. The van der Waals surface area contributed by atoms with Crippen molar-refractivity contribution in [3.63, 3.8) is 0 Å². The molecule has 0 fully saturated rings. The zero-order valence-electron chi connectivity index (χ0n) is 9.23. The second-order valence-corrected chi connectivity index (χ2v) is 3.65. The summed E-state index contributed by atoms with van der Waals surface area (Å²) in [5.41, 5.74) is 9.86. The Balaban J connectivity index is 2.51. The van der Waals surface area contributed by atoms with Crippen LogP contribution in [0.25, 0.3) is 5.69 Å². The Morgan fingerprint density at radius 3 is 2.31 bits per heavy atom. The molecule has 0 aliphatic heterocycles. The van der Waals surface area contributed by atoms with Gasteiger partial charge in [-0.25, -0.2) is 4.68 Å². The van der Waals surface area contributed by atoms with Gasteiger partial charge in [-0.05, 0) is 38.1 Å². The Bertz CT molecular complexity index is 558. The third-order valence-electron chi connectivity index (χ3n) is 2.59. The van der Waals surface area contributed by atoms with E-state index in [2.05, 4.69) is 11.2 Å². The van der Waals surface area contributed by atoms with Crippen LogP contribution >= 0.6 is 0 Å². The van der Waals surface area contributed by atoms with Gasteiger partial charge in [-0.15, -0.1) is 0 Å². The number of anilines is 1. The maximum atomic E-state index is 8.71. The summed E-state index contributed by atoms with van der Waals surface area (Å²) in [7, 11) is 0. The highest BCUT2D eigenvalue weighted by Crippen LogP contribution is 2.19. The summed E-state index contributed by atoms with van der Waals surface area (Å²) in [4.78, 5) is 0. The largest absolute Gasteiger partial charge is 0.396 e. The van der Waals surface area contributed by atoms with Crippen LogP contribution in [0.1, 0.15) is 17.0 Å². The maximum Gasteiger partial charge on any atom is 0.0991 e. The van der Waals surface area contributed by atoms with Crippen LogP contribution in [0.4, 0.5) is 5.69 Å². The van der Waals surface area contributed by atoms with E-state index in [4.69, 9.17) is 11.0 Å². The summed E-state index contributed by atoms with van der Waals surface area (Å²) in [5.74, 6) is 0. The minimum Gasteiger partial charge on any atom is -0.396 e. The standard InChI is InChI=1S/C12H12N4/c1-8-12(14)9(2)16(15-8)11-5-3-10(7-13)4-6-11/h3-6H,14H2,1-2H3. The molecule has 2 N–H and O–H groups in total. The minimum absolute atomic E-state index is 0.637. The number of nitrogens with two attached hydrogens (primary N) is 1. The van der Waals surface area contributed by atoms with E-state index >= 15 is 0 Å². The topological polar surface area (TPSA) is 67.6 Å². The van der Waals surface area contributed by atoms with Crippen molar-refractivity contribution in [2.75, 3.05) is 5.73 Å². The number of nitrogen functional groups attached to an aromatic ring is 1. The van der Waals surface area contributed by atoms with Crippen LogP contribution in [0.2, 0.25) is 0 Å². The molecule has 0 aliphatic carbocycles. The Hall–Kier alpha value is -2.28. The van der Waals surface area contributed by atoms with E-state index in [-0.39, 0.29) is 0 Å². The highest BCUT2D eigenvalue weighted by molar-refractivity contribution is 5.51. The molecule has 0 saturated carbocycles. The third kappa shape index (κ3) is 1.52. The van der Waals surface area contributed by atoms with Crippen LogP contribution in [-0.4, -0.2) is 9.78 Å². The average molecular weight is 212 g/mol. The molecule has 0 unspecified atom stereocenters. The summed E-state index contributed by atoms with van der Waals surface area (Å²) >= 11 is 0.